The molecule has 4 aliphatic heterocycles. The molecule has 2 N–H and O–H groups in total. The highest BCUT2D eigenvalue weighted by Crippen LogP contribution is 2.56. The van der Waals surface area contributed by atoms with Crippen LogP contribution in [-0.4, -0.2) is 71.6 Å². The van der Waals surface area contributed by atoms with Crippen LogP contribution in [0.5, 0.6) is 0 Å². The number of carbonyl (C=O) groups is 2. The Morgan fingerprint density at radius 3 is 1.45 bits per heavy atom. The van der Waals surface area contributed by atoms with Crippen LogP contribution in [0.1, 0.15) is 124 Å². The number of hydrogen-bond acceptors (Lipinski definition) is 5. The van der Waals surface area contributed by atoms with Crippen LogP contribution < -0.4 is 0 Å². The van der Waals surface area contributed by atoms with Gasteiger partial charge < -0.3 is 19.8 Å². The summed E-state index contributed by atoms with van der Waals surface area (Å²) in [4.78, 5) is 53.9. The number of aromatic amines is 2. The van der Waals surface area contributed by atoms with E-state index in [1.807, 2.05) is 6.07 Å². The highest BCUT2D eigenvalue weighted by Gasteiger charge is 2.51. The van der Waals surface area contributed by atoms with Crippen molar-refractivity contribution in [3.05, 3.63) is 144 Å². The number of aromatic nitrogens is 4. The molecule has 2 aliphatic carbocycles. The molecule has 0 radical (unpaired) electrons. The number of likely N-dealkylation sites (tertiary alicyclic amines) is 2. The molecule has 4 bridgehead atoms. The van der Waals surface area contributed by atoms with Crippen LogP contribution in [0.15, 0.2) is 121 Å². The van der Waals surface area contributed by atoms with Crippen molar-refractivity contribution in [3.63, 3.8) is 0 Å². The van der Waals surface area contributed by atoms with Crippen molar-refractivity contribution in [2.24, 2.45) is 17.8 Å². The molecule has 2 aromatic heterocycles. The summed E-state index contributed by atoms with van der Waals surface area (Å²) in [5.74, 6) is 4.02. The van der Waals surface area contributed by atoms with Crippen LogP contribution in [0, 0.1) is 17.8 Å². The monoisotopic (exact) mass is 873 g/mol. The van der Waals surface area contributed by atoms with Crippen molar-refractivity contribution in [1.29, 1.82) is 0 Å². The van der Waals surface area contributed by atoms with Gasteiger partial charge in [0.1, 0.15) is 17.7 Å². The Kier molecular flexibility index (Phi) is 9.98. The summed E-state index contributed by atoms with van der Waals surface area (Å²) in [6.07, 6.45) is 13.7. The molecule has 13 rings (SSSR count). The highest BCUT2D eigenvalue weighted by atomic mass is 16.2. The standard InChI is InChI=1S/C57H59N7O2/c65-56(52(37-9-3-1-4-10-37)51-38-19-20-39(51)22-21-38)62-31-7-13-49(62)54-58-45-29-23-41(33-47(45)60-54)35-15-17-36(18-16-35)42-24-30-46-48(34-42)61-55(59-46)50-14-8-32-63(50)57(66)53(40-11-5-2-6-12-40)64-43-25-26-44(64)28-27-43/h1-6,9-12,15-18,23-24,29-30,33-34,38-39,43-44,49-53H,7-8,13-14,19-22,25-28,31-32H2,(H,58,60)(H,59,61). The summed E-state index contributed by atoms with van der Waals surface area (Å²) in [7, 11) is 0. The number of amides is 2. The zero-order chi connectivity index (χ0) is 43.9. The fraction of sp³-hybridized carbons (Fsp3) is 0.404. The summed E-state index contributed by atoms with van der Waals surface area (Å²) >= 11 is 0. The van der Waals surface area contributed by atoms with E-state index in [1.54, 1.807) is 0 Å². The van der Waals surface area contributed by atoms with Gasteiger partial charge in [-0.1, -0.05) is 97.1 Å². The predicted molar refractivity (Wildman–Crippen MR) is 259 cm³/mol. The van der Waals surface area contributed by atoms with Gasteiger partial charge in [-0.2, -0.15) is 0 Å². The van der Waals surface area contributed by atoms with Crippen molar-refractivity contribution in [2.45, 2.75) is 113 Å². The zero-order valence-electron chi connectivity index (χ0n) is 37.7. The molecular weight excluding hydrogens is 815 g/mol. The van der Waals surface area contributed by atoms with Crippen LogP contribution >= 0.6 is 0 Å². The third-order valence-electron chi connectivity index (χ3n) is 17.1. The lowest BCUT2D eigenvalue weighted by Crippen LogP contribution is -2.45. The summed E-state index contributed by atoms with van der Waals surface area (Å²) in [5, 5.41) is 0. The molecule has 6 fully saturated rings. The second-order valence-electron chi connectivity index (χ2n) is 20.5. The Hall–Kier alpha value is -6.06. The van der Waals surface area contributed by atoms with Gasteiger partial charge in [0.2, 0.25) is 11.8 Å². The van der Waals surface area contributed by atoms with Gasteiger partial charge in [-0.15, -0.1) is 0 Å². The Labute approximate surface area is 387 Å². The van der Waals surface area contributed by atoms with Crippen LogP contribution in [0.3, 0.4) is 0 Å². The summed E-state index contributed by atoms with van der Waals surface area (Å²) < 4.78 is 0. The van der Waals surface area contributed by atoms with Crippen molar-refractivity contribution in [1.82, 2.24) is 34.6 Å². The van der Waals surface area contributed by atoms with Crippen molar-refractivity contribution in [2.75, 3.05) is 13.1 Å². The van der Waals surface area contributed by atoms with E-state index in [0.717, 1.165) is 100 Å². The quantitative estimate of drug-likeness (QED) is 0.143. The Morgan fingerprint density at radius 1 is 0.500 bits per heavy atom. The molecular formula is C57H59N7O2. The molecule has 6 heterocycles. The number of nitrogens with zero attached hydrogens (tertiary/aromatic N) is 5. The first-order valence-corrected chi connectivity index (χ1v) is 25.1. The number of benzene rings is 5. The van der Waals surface area contributed by atoms with Gasteiger partial charge in [0.25, 0.3) is 0 Å². The number of carbonyl (C=O) groups excluding carboxylic acids is 2. The first-order valence-electron chi connectivity index (χ1n) is 25.1. The maximum absolute atomic E-state index is 14.8. The number of H-pyrrole nitrogens is 2. The van der Waals surface area contributed by atoms with E-state index in [9.17, 15) is 9.59 Å². The van der Waals surface area contributed by atoms with Gasteiger partial charge in [0.15, 0.2) is 0 Å². The van der Waals surface area contributed by atoms with E-state index in [-0.39, 0.29) is 30.0 Å². The molecule has 2 amide bonds. The van der Waals surface area contributed by atoms with Gasteiger partial charge in [0, 0.05) is 25.2 Å². The van der Waals surface area contributed by atoms with Gasteiger partial charge in [-0.3, -0.25) is 14.5 Å². The Balaban J connectivity index is 0.724. The van der Waals surface area contributed by atoms with Crippen molar-refractivity contribution in [3.8, 4) is 22.3 Å². The number of fused-ring (bicyclic) bond motifs is 6. The summed E-state index contributed by atoms with van der Waals surface area (Å²) in [6, 6.07) is 43.5. The summed E-state index contributed by atoms with van der Waals surface area (Å²) in [6.45, 7) is 1.54. The van der Waals surface area contributed by atoms with E-state index in [2.05, 4.69) is 140 Å². The van der Waals surface area contributed by atoms with Crippen LogP contribution in [0.25, 0.3) is 44.3 Å². The third-order valence-corrected chi connectivity index (χ3v) is 17.1. The average Bonchev–Trinajstić information content (AvgIpc) is 4.24. The minimum atomic E-state index is -0.237. The lowest BCUT2D eigenvalue weighted by Gasteiger charge is -2.35. The second-order valence-corrected chi connectivity index (χ2v) is 20.5. The smallest absolute Gasteiger partial charge is 0.245 e. The van der Waals surface area contributed by atoms with Crippen LogP contribution in [-0.2, 0) is 9.59 Å². The maximum Gasteiger partial charge on any atom is 0.245 e. The fourth-order valence-electron chi connectivity index (χ4n) is 14.0. The molecule has 334 valence electrons. The highest BCUT2D eigenvalue weighted by molar-refractivity contribution is 5.87. The molecule has 4 saturated heterocycles. The molecule has 9 heteroatoms. The second kappa shape index (κ2) is 16.4. The fourth-order valence-corrected chi connectivity index (χ4v) is 14.0. The van der Waals surface area contributed by atoms with E-state index < -0.39 is 0 Å². The molecule has 6 aliphatic rings. The lowest BCUT2D eigenvalue weighted by atomic mass is 9.78. The molecule has 4 atom stereocenters. The van der Waals surface area contributed by atoms with Gasteiger partial charge >= 0.3 is 0 Å². The zero-order valence-corrected chi connectivity index (χ0v) is 37.7. The van der Waals surface area contributed by atoms with E-state index in [4.69, 9.17) is 9.97 Å². The molecule has 0 spiro atoms. The summed E-state index contributed by atoms with van der Waals surface area (Å²) in [5.41, 5.74) is 10.7. The molecule has 2 saturated carbocycles. The number of hydrogen-bond donors (Lipinski definition) is 2. The minimum Gasteiger partial charge on any atom is -0.340 e. The first-order chi connectivity index (χ1) is 32.5. The number of nitrogens with one attached hydrogen (secondary N) is 2. The number of rotatable bonds is 10. The van der Waals surface area contributed by atoms with Gasteiger partial charge in [0.05, 0.1) is 40.1 Å². The Morgan fingerprint density at radius 2 is 0.955 bits per heavy atom. The largest absolute Gasteiger partial charge is 0.340 e. The molecule has 7 aromatic rings. The minimum absolute atomic E-state index is 0.0392. The average molecular weight is 874 g/mol. The number of imidazole rings is 2. The topological polar surface area (TPSA) is 101 Å². The molecule has 5 aromatic carbocycles. The van der Waals surface area contributed by atoms with Crippen LogP contribution in [0.2, 0.25) is 0 Å². The lowest BCUT2D eigenvalue weighted by molar-refractivity contribution is -0.139. The normalized spacial score (nSPS) is 26.9. The van der Waals surface area contributed by atoms with Crippen molar-refractivity contribution < 1.29 is 9.59 Å². The van der Waals surface area contributed by atoms with Gasteiger partial charge in [-0.25, -0.2) is 9.97 Å². The van der Waals surface area contributed by atoms with Gasteiger partial charge in [-0.05, 0) is 152 Å². The predicted octanol–water partition coefficient (Wildman–Crippen LogP) is 11.7. The third kappa shape index (κ3) is 6.82. The van der Waals surface area contributed by atoms with Crippen molar-refractivity contribution >= 4 is 33.9 Å². The molecule has 4 unspecified atom stereocenters. The van der Waals surface area contributed by atoms with E-state index in [0.29, 0.717) is 35.7 Å². The maximum atomic E-state index is 14.8. The molecule has 9 nitrogen and oxygen atoms in total. The SMILES string of the molecule is O=C(C(c1ccccc1)C1C2CCC1CC2)N1CCCC1c1nc2ccc(-c3ccc(-c4ccc5nc(C6CCCN6C(=O)C(c6ccccc6)N6C7CCC6CC7)[nH]c5c4)cc3)cc2[nH]1. The Bertz CT molecular complexity index is 2690. The van der Waals surface area contributed by atoms with E-state index >= 15 is 0 Å². The van der Waals surface area contributed by atoms with E-state index in [1.165, 1.54) is 56.9 Å². The van der Waals surface area contributed by atoms with Crippen LogP contribution in [0.4, 0.5) is 0 Å². The first kappa shape index (κ1) is 40.2. The molecule has 66 heavy (non-hydrogen) atoms.